The van der Waals surface area contributed by atoms with Gasteiger partial charge in [0.15, 0.2) is 0 Å². The van der Waals surface area contributed by atoms with Crippen LogP contribution in [0.1, 0.15) is 5.56 Å². The molecular weight excluding hydrogens is 300 g/mol. The average Bonchev–Trinajstić information content (AvgIpc) is 2.35. The first-order chi connectivity index (χ1) is 9.24. The fraction of sp³-hybridized carbons (Fsp3) is 0.333. The summed E-state index contributed by atoms with van der Waals surface area (Å²) in [6.45, 7) is 0.0173. The molecule has 0 aromatic heterocycles. The van der Waals surface area contributed by atoms with Crippen LogP contribution in [-0.4, -0.2) is 41.9 Å². The van der Waals surface area contributed by atoms with Crippen molar-refractivity contribution in [3.8, 4) is 11.8 Å². The van der Waals surface area contributed by atoms with Crippen LogP contribution >= 0.6 is 0 Å². The van der Waals surface area contributed by atoms with Gasteiger partial charge in [0.2, 0.25) is 10.0 Å². The van der Waals surface area contributed by atoms with E-state index in [9.17, 15) is 16.8 Å². The molecule has 8 heteroatoms. The van der Waals surface area contributed by atoms with E-state index < -0.39 is 19.9 Å². The van der Waals surface area contributed by atoms with Gasteiger partial charge >= 0.3 is 0 Å². The zero-order valence-corrected chi connectivity index (χ0v) is 12.6. The molecule has 0 radical (unpaired) electrons. The molecule has 3 N–H and O–H groups in total. The summed E-state index contributed by atoms with van der Waals surface area (Å²) in [5.41, 5.74) is 5.77. The normalized spacial score (nSPS) is 11.7. The van der Waals surface area contributed by atoms with Crippen molar-refractivity contribution in [3.05, 3.63) is 29.8 Å². The molecule has 0 saturated heterocycles. The van der Waals surface area contributed by atoms with Crippen molar-refractivity contribution in [2.24, 2.45) is 5.73 Å². The standard InChI is InChI=1S/C12H16N2O4S2/c1-19(15,16)9-8-14-20(17,18)12-6-2-4-11(10-12)5-3-7-13/h2,4,6,10,14H,7-9,13H2,1H3. The van der Waals surface area contributed by atoms with Crippen molar-refractivity contribution in [2.45, 2.75) is 4.90 Å². The molecule has 0 spiro atoms. The molecule has 0 aliphatic heterocycles. The van der Waals surface area contributed by atoms with Crippen LogP contribution in [0.3, 0.4) is 0 Å². The lowest BCUT2D eigenvalue weighted by atomic mass is 10.2. The summed E-state index contributed by atoms with van der Waals surface area (Å²) in [4.78, 5) is 0.0369. The summed E-state index contributed by atoms with van der Waals surface area (Å²) >= 11 is 0. The van der Waals surface area contributed by atoms with Gasteiger partial charge in [-0.2, -0.15) is 0 Å². The van der Waals surface area contributed by atoms with Gasteiger partial charge < -0.3 is 5.73 Å². The molecule has 6 nitrogen and oxygen atoms in total. The number of rotatable bonds is 5. The van der Waals surface area contributed by atoms with E-state index in [0.29, 0.717) is 5.56 Å². The second-order valence-corrected chi connectivity index (χ2v) is 8.09. The highest BCUT2D eigenvalue weighted by Gasteiger charge is 2.14. The van der Waals surface area contributed by atoms with Gasteiger partial charge in [0.25, 0.3) is 0 Å². The Hall–Kier alpha value is -1.40. The van der Waals surface area contributed by atoms with E-state index in [-0.39, 0.29) is 23.7 Å². The van der Waals surface area contributed by atoms with E-state index >= 15 is 0 Å². The predicted octanol–water partition coefficient (Wildman–Crippen LogP) is -0.680. The van der Waals surface area contributed by atoms with Crippen LogP contribution in [0, 0.1) is 11.8 Å². The lowest BCUT2D eigenvalue weighted by Crippen LogP contribution is -2.28. The number of nitrogens with one attached hydrogen (secondary N) is 1. The van der Waals surface area contributed by atoms with Gasteiger partial charge in [-0.3, -0.25) is 0 Å². The summed E-state index contributed by atoms with van der Waals surface area (Å²) in [6.07, 6.45) is 1.05. The van der Waals surface area contributed by atoms with Gasteiger partial charge in [-0.05, 0) is 18.2 Å². The summed E-state index contributed by atoms with van der Waals surface area (Å²) < 4.78 is 48.1. The van der Waals surface area contributed by atoms with Gasteiger partial charge in [-0.25, -0.2) is 21.6 Å². The van der Waals surface area contributed by atoms with Crippen LogP contribution in [0.5, 0.6) is 0 Å². The Balaban J connectivity index is 2.87. The molecule has 1 rings (SSSR count). The number of nitrogens with two attached hydrogens (primary N) is 1. The van der Waals surface area contributed by atoms with Crippen LogP contribution in [-0.2, 0) is 19.9 Å². The molecular formula is C12H16N2O4S2. The lowest BCUT2D eigenvalue weighted by molar-refractivity contribution is 0.582. The van der Waals surface area contributed by atoms with Crippen LogP contribution in [0.4, 0.5) is 0 Å². The van der Waals surface area contributed by atoms with Gasteiger partial charge in [-0.1, -0.05) is 17.9 Å². The molecule has 20 heavy (non-hydrogen) atoms. The lowest BCUT2D eigenvalue weighted by Gasteiger charge is -2.06. The number of sulfone groups is 1. The van der Waals surface area contributed by atoms with E-state index in [1.54, 1.807) is 12.1 Å². The Morgan fingerprint density at radius 2 is 1.95 bits per heavy atom. The van der Waals surface area contributed by atoms with Crippen molar-refractivity contribution in [1.82, 2.24) is 4.72 Å². The highest BCUT2D eigenvalue weighted by Crippen LogP contribution is 2.10. The summed E-state index contributed by atoms with van der Waals surface area (Å²) in [5.74, 6) is 5.11. The monoisotopic (exact) mass is 316 g/mol. The fourth-order valence-corrected chi connectivity index (χ4v) is 3.02. The van der Waals surface area contributed by atoms with Crippen LogP contribution in [0.25, 0.3) is 0 Å². The third-order valence-electron chi connectivity index (χ3n) is 2.24. The second kappa shape index (κ2) is 6.85. The van der Waals surface area contributed by atoms with Gasteiger partial charge in [-0.15, -0.1) is 0 Å². The molecule has 0 amide bonds. The minimum absolute atomic E-state index is 0.0369. The van der Waals surface area contributed by atoms with Crippen LogP contribution in [0.2, 0.25) is 0 Å². The van der Waals surface area contributed by atoms with Crippen molar-refractivity contribution in [1.29, 1.82) is 0 Å². The number of hydrogen-bond donors (Lipinski definition) is 2. The van der Waals surface area contributed by atoms with E-state index in [4.69, 9.17) is 5.73 Å². The molecule has 0 bridgehead atoms. The molecule has 0 unspecified atom stereocenters. The summed E-state index contributed by atoms with van der Waals surface area (Å²) in [7, 11) is -6.96. The quantitative estimate of drug-likeness (QED) is 0.700. The smallest absolute Gasteiger partial charge is 0.240 e. The van der Waals surface area contributed by atoms with E-state index in [0.717, 1.165) is 6.26 Å². The maximum atomic E-state index is 12.0. The Morgan fingerprint density at radius 1 is 1.25 bits per heavy atom. The highest BCUT2D eigenvalue weighted by atomic mass is 32.2. The third kappa shape index (κ3) is 5.71. The third-order valence-corrected chi connectivity index (χ3v) is 4.65. The van der Waals surface area contributed by atoms with Gasteiger partial charge in [0.05, 0.1) is 17.2 Å². The highest BCUT2D eigenvalue weighted by molar-refractivity contribution is 7.91. The molecule has 1 aromatic carbocycles. The topological polar surface area (TPSA) is 106 Å². The van der Waals surface area contributed by atoms with Crippen molar-refractivity contribution < 1.29 is 16.8 Å². The SMILES string of the molecule is CS(=O)(=O)CCNS(=O)(=O)c1cccc(C#CCN)c1. The summed E-state index contributed by atoms with van der Waals surface area (Å²) in [6, 6.07) is 6.05. The molecule has 1 aromatic rings. The molecule has 0 atom stereocenters. The van der Waals surface area contributed by atoms with E-state index in [1.165, 1.54) is 12.1 Å². The van der Waals surface area contributed by atoms with E-state index in [2.05, 4.69) is 16.6 Å². The zero-order valence-electron chi connectivity index (χ0n) is 11.0. The number of hydrogen-bond acceptors (Lipinski definition) is 5. The number of sulfonamides is 1. The molecule has 110 valence electrons. The van der Waals surface area contributed by atoms with Crippen molar-refractivity contribution in [3.63, 3.8) is 0 Å². The first-order valence-corrected chi connectivity index (χ1v) is 9.25. The second-order valence-electron chi connectivity index (χ2n) is 4.06. The van der Waals surface area contributed by atoms with Gasteiger partial charge in [0.1, 0.15) is 9.84 Å². The van der Waals surface area contributed by atoms with Crippen LogP contribution in [0.15, 0.2) is 29.2 Å². The minimum atomic E-state index is -3.74. The van der Waals surface area contributed by atoms with Crippen LogP contribution < -0.4 is 10.5 Å². The molecule has 0 aliphatic rings. The van der Waals surface area contributed by atoms with Crippen molar-refractivity contribution >= 4 is 19.9 Å². The largest absolute Gasteiger partial charge is 0.320 e. The molecule has 0 heterocycles. The van der Waals surface area contributed by atoms with E-state index in [1.807, 2.05) is 0 Å². The first-order valence-electron chi connectivity index (χ1n) is 5.71. The Labute approximate surface area is 119 Å². The minimum Gasteiger partial charge on any atom is -0.320 e. The number of benzene rings is 1. The molecule has 0 fully saturated rings. The van der Waals surface area contributed by atoms with Gasteiger partial charge in [0, 0.05) is 18.4 Å². The Morgan fingerprint density at radius 3 is 2.55 bits per heavy atom. The molecule has 0 aliphatic carbocycles. The Kier molecular flexibility index (Phi) is 5.71. The van der Waals surface area contributed by atoms with Crippen molar-refractivity contribution in [2.75, 3.05) is 25.1 Å². The maximum Gasteiger partial charge on any atom is 0.240 e. The fourth-order valence-electron chi connectivity index (χ4n) is 1.34. The maximum absolute atomic E-state index is 12.0. The first kappa shape index (κ1) is 16.7. The zero-order chi connectivity index (χ0) is 15.2. The predicted molar refractivity (Wildman–Crippen MR) is 77.3 cm³/mol. The Bertz CT molecular complexity index is 728. The molecule has 0 saturated carbocycles. The summed E-state index contributed by atoms with van der Waals surface area (Å²) in [5, 5.41) is 0. The average molecular weight is 316 g/mol.